The summed E-state index contributed by atoms with van der Waals surface area (Å²) in [4.78, 5) is 11.7. The van der Waals surface area contributed by atoms with Crippen LogP contribution in [0.4, 0.5) is 0 Å². The maximum absolute atomic E-state index is 11.7. The smallest absolute Gasteiger partial charge is 0.355 e. The van der Waals surface area contributed by atoms with Gasteiger partial charge in [0, 0.05) is 5.92 Å². The largest absolute Gasteiger partial charge is 0.462 e. The van der Waals surface area contributed by atoms with Crippen LogP contribution in [-0.2, 0) is 23.8 Å². The number of hydrogen-bond acceptors (Lipinski definition) is 6. The number of esters is 1. The summed E-state index contributed by atoms with van der Waals surface area (Å²) in [6, 6.07) is 0. The maximum Gasteiger partial charge on any atom is 0.355 e. The number of rotatable bonds is 7. The summed E-state index contributed by atoms with van der Waals surface area (Å²) in [6.07, 6.45) is 2.40. The van der Waals surface area contributed by atoms with Crippen LogP contribution in [0.3, 0.4) is 0 Å². The molecule has 6 nitrogen and oxygen atoms in total. The van der Waals surface area contributed by atoms with Gasteiger partial charge in [0.05, 0.1) is 12.9 Å². The summed E-state index contributed by atoms with van der Waals surface area (Å²) in [5.41, 5.74) is 3.72. The van der Waals surface area contributed by atoms with Gasteiger partial charge in [0.1, 0.15) is 0 Å². The first-order chi connectivity index (χ1) is 7.63. The second-order valence-corrected chi connectivity index (χ2v) is 5.80. The molecular weight excluding hydrogens is 246 g/mol. The quantitative estimate of drug-likeness (QED) is 0.314. The van der Waals surface area contributed by atoms with Gasteiger partial charge in [0.25, 0.3) is 10.1 Å². The molecule has 0 saturated heterocycles. The molecule has 17 heavy (non-hydrogen) atoms. The molecule has 7 heteroatoms. The van der Waals surface area contributed by atoms with Crippen molar-refractivity contribution in [3.05, 3.63) is 0 Å². The Labute approximate surface area is 103 Å². The summed E-state index contributed by atoms with van der Waals surface area (Å²) in [6.45, 7) is 5.33. The Kier molecular flexibility index (Phi) is 6.08. The third kappa shape index (κ3) is 5.47. The van der Waals surface area contributed by atoms with Crippen LogP contribution < -0.4 is 5.73 Å². The van der Waals surface area contributed by atoms with Crippen molar-refractivity contribution < 1.29 is 22.1 Å². The van der Waals surface area contributed by atoms with Crippen molar-refractivity contribution in [2.75, 3.05) is 12.9 Å². The topological polar surface area (TPSA) is 95.7 Å². The Hall–Kier alpha value is -0.660. The van der Waals surface area contributed by atoms with Crippen molar-refractivity contribution in [1.29, 1.82) is 0 Å². The van der Waals surface area contributed by atoms with E-state index in [1.54, 1.807) is 13.8 Å². The van der Waals surface area contributed by atoms with E-state index in [0.717, 1.165) is 12.7 Å². The van der Waals surface area contributed by atoms with E-state index in [-0.39, 0.29) is 6.61 Å². The fourth-order valence-electron chi connectivity index (χ4n) is 1.04. The lowest BCUT2D eigenvalue weighted by Gasteiger charge is -2.29. The van der Waals surface area contributed by atoms with Crippen molar-refractivity contribution in [2.24, 2.45) is 11.7 Å². The zero-order valence-electron chi connectivity index (χ0n) is 10.7. The van der Waals surface area contributed by atoms with Crippen LogP contribution in [-0.4, -0.2) is 33.0 Å². The van der Waals surface area contributed by atoms with Crippen molar-refractivity contribution in [3.63, 3.8) is 0 Å². The molecule has 2 N–H and O–H groups in total. The van der Waals surface area contributed by atoms with Crippen LogP contribution in [0.25, 0.3) is 0 Å². The van der Waals surface area contributed by atoms with E-state index in [1.165, 1.54) is 0 Å². The highest BCUT2D eigenvalue weighted by molar-refractivity contribution is 7.86. The highest BCUT2D eigenvalue weighted by atomic mass is 32.2. The van der Waals surface area contributed by atoms with E-state index in [9.17, 15) is 13.2 Å². The van der Waals surface area contributed by atoms with Crippen LogP contribution in [0.5, 0.6) is 0 Å². The summed E-state index contributed by atoms with van der Waals surface area (Å²) in [5, 5.41) is 0. The first-order valence-electron chi connectivity index (χ1n) is 5.50. The van der Waals surface area contributed by atoms with Gasteiger partial charge in [-0.2, -0.15) is 8.42 Å². The molecule has 0 bridgehead atoms. The third-order valence-corrected chi connectivity index (χ3v) is 2.78. The molecule has 0 rings (SSSR count). The van der Waals surface area contributed by atoms with Gasteiger partial charge in [-0.3, -0.25) is 5.73 Å². The first-order valence-corrected chi connectivity index (χ1v) is 7.31. The van der Waals surface area contributed by atoms with Crippen molar-refractivity contribution in [1.82, 2.24) is 0 Å². The third-order valence-electron chi connectivity index (χ3n) is 2.20. The Morgan fingerprint density at radius 2 is 1.94 bits per heavy atom. The SMILES string of the molecule is CCCCOC(=O)C(N)(OS(C)(=O)=O)C(C)C. The van der Waals surface area contributed by atoms with Crippen LogP contribution >= 0.6 is 0 Å². The summed E-state index contributed by atoms with van der Waals surface area (Å²) < 4.78 is 31.7. The normalized spacial score (nSPS) is 15.6. The zero-order valence-corrected chi connectivity index (χ0v) is 11.5. The number of carbonyl (C=O) groups excluding carboxylic acids is 1. The van der Waals surface area contributed by atoms with Gasteiger partial charge < -0.3 is 4.74 Å². The number of nitrogens with two attached hydrogens (primary N) is 1. The molecule has 1 atom stereocenters. The molecular formula is C10H21NO5S. The Morgan fingerprint density at radius 1 is 1.41 bits per heavy atom. The number of carbonyl (C=O) groups is 1. The predicted molar refractivity (Wildman–Crippen MR) is 63.6 cm³/mol. The number of hydrogen-bond donors (Lipinski definition) is 1. The average Bonchev–Trinajstić information content (AvgIpc) is 2.14. The van der Waals surface area contributed by atoms with Crippen LogP contribution in [0, 0.1) is 5.92 Å². The molecule has 0 aromatic heterocycles. The molecule has 102 valence electrons. The van der Waals surface area contributed by atoms with Gasteiger partial charge in [-0.05, 0) is 6.42 Å². The van der Waals surface area contributed by atoms with E-state index in [2.05, 4.69) is 4.18 Å². The van der Waals surface area contributed by atoms with Gasteiger partial charge in [-0.25, -0.2) is 8.98 Å². The highest BCUT2D eigenvalue weighted by Crippen LogP contribution is 2.20. The second kappa shape index (κ2) is 6.32. The summed E-state index contributed by atoms with van der Waals surface area (Å²) in [5.74, 6) is -1.38. The molecule has 0 aromatic rings. The standard InChI is InChI=1S/C10H21NO5S/c1-5-6-7-15-9(12)10(11,8(2)3)16-17(4,13)14/h8H,5-7,11H2,1-4H3. The molecule has 0 amide bonds. The lowest BCUT2D eigenvalue weighted by molar-refractivity contribution is -0.165. The van der Waals surface area contributed by atoms with E-state index in [4.69, 9.17) is 10.5 Å². The summed E-state index contributed by atoms with van der Waals surface area (Å²) in [7, 11) is -3.83. The second-order valence-electron chi connectivity index (χ2n) is 4.22. The summed E-state index contributed by atoms with van der Waals surface area (Å²) >= 11 is 0. The minimum atomic E-state index is -3.83. The first kappa shape index (κ1) is 16.3. The van der Waals surface area contributed by atoms with Crippen molar-refractivity contribution in [3.8, 4) is 0 Å². The van der Waals surface area contributed by atoms with Crippen LogP contribution in [0.2, 0.25) is 0 Å². The highest BCUT2D eigenvalue weighted by Gasteiger charge is 2.43. The molecule has 0 heterocycles. The van der Waals surface area contributed by atoms with E-state index >= 15 is 0 Å². The van der Waals surface area contributed by atoms with Crippen molar-refractivity contribution >= 4 is 16.1 Å². The molecule has 0 fully saturated rings. The Morgan fingerprint density at radius 3 is 2.29 bits per heavy atom. The molecule has 0 saturated carbocycles. The average molecular weight is 267 g/mol. The number of ether oxygens (including phenoxy) is 1. The number of unbranched alkanes of at least 4 members (excludes halogenated alkanes) is 1. The minimum Gasteiger partial charge on any atom is -0.462 e. The predicted octanol–water partition coefficient (Wildman–Crippen LogP) is 0.617. The molecule has 0 spiro atoms. The molecule has 0 aliphatic carbocycles. The van der Waals surface area contributed by atoms with E-state index in [0.29, 0.717) is 6.42 Å². The fourth-order valence-corrected chi connectivity index (χ4v) is 1.80. The molecule has 0 radical (unpaired) electrons. The van der Waals surface area contributed by atoms with Crippen LogP contribution in [0.1, 0.15) is 33.6 Å². The van der Waals surface area contributed by atoms with E-state index in [1.807, 2.05) is 6.92 Å². The van der Waals surface area contributed by atoms with Gasteiger partial charge >= 0.3 is 5.97 Å². The van der Waals surface area contributed by atoms with Gasteiger partial charge in [-0.1, -0.05) is 27.2 Å². The molecule has 0 aliphatic rings. The molecule has 0 aromatic carbocycles. The van der Waals surface area contributed by atoms with Gasteiger partial charge in [-0.15, -0.1) is 0 Å². The van der Waals surface area contributed by atoms with Gasteiger partial charge in [0.15, 0.2) is 0 Å². The van der Waals surface area contributed by atoms with Crippen molar-refractivity contribution in [2.45, 2.75) is 39.3 Å². The maximum atomic E-state index is 11.7. The fraction of sp³-hybridized carbons (Fsp3) is 0.900. The van der Waals surface area contributed by atoms with Crippen LogP contribution in [0.15, 0.2) is 0 Å². The monoisotopic (exact) mass is 267 g/mol. The Bertz CT molecular complexity index is 352. The lowest BCUT2D eigenvalue weighted by Crippen LogP contribution is -2.56. The Balaban J connectivity index is 4.77. The lowest BCUT2D eigenvalue weighted by atomic mass is 10.0. The zero-order chi connectivity index (χ0) is 13.7. The van der Waals surface area contributed by atoms with E-state index < -0.39 is 27.7 Å². The van der Waals surface area contributed by atoms with Gasteiger partial charge in [0.2, 0.25) is 5.72 Å². The molecule has 1 unspecified atom stereocenters. The minimum absolute atomic E-state index is 0.203. The molecule has 0 aliphatic heterocycles.